The highest BCUT2D eigenvalue weighted by atomic mass is 32.1. The maximum absolute atomic E-state index is 13.2. The molecule has 0 saturated carbocycles. The van der Waals surface area contributed by atoms with Crippen LogP contribution in [-0.4, -0.2) is 11.5 Å². The first-order valence-corrected chi connectivity index (χ1v) is 6.84. The van der Waals surface area contributed by atoms with E-state index in [1.807, 2.05) is 12.3 Å². The van der Waals surface area contributed by atoms with Crippen LogP contribution in [0.4, 0.5) is 9.52 Å². The molecular formula is C14H17FN2S. The average molecular weight is 264 g/mol. The van der Waals surface area contributed by atoms with E-state index < -0.39 is 0 Å². The van der Waals surface area contributed by atoms with Gasteiger partial charge < -0.3 is 5.32 Å². The first-order valence-electron chi connectivity index (χ1n) is 6.02. The highest BCUT2D eigenvalue weighted by Crippen LogP contribution is 2.30. The lowest BCUT2D eigenvalue weighted by Gasteiger charge is -2.04. The zero-order chi connectivity index (χ0) is 13.1. The molecule has 1 aromatic carbocycles. The Hall–Kier alpha value is -1.42. The van der Waals surface area contributed by atoms with Crippen molar-refractivity contribution in [1.29, 1.82) is 0 Å². The molecule has 0 bridgehead atoms. The van der Waals surface area contributed by atoms with Crippen LogP contribution in [0.5, 0.6) is 0 Å². The number of hydrogen-bond donors (Lipinski definition) is 1. The van der Waals surface area contributed by atoms with Crippen LogP contribution in [0.25, 0.3) is 10.4 Å². The third kappa shape index (κ3) is 3.07. The van der Waals surface area contributed by atoms with E-state index in [0.29, 0.717) is 11.5 Å². The summed E-state index contributed by atoms with van der Waals surface area (Å²) in [7, 11) is 0. The van der Waals surface area contributed by atoms with Crippen molar-refractivity contribution >= 4 is 16.5 Å². The van der Waals surface area contributed by atoms with Crippen LogP contribution in [-0.2, 0) is 0 Å². The van der Waals surface area contributed by atoms with Crippen LogP contribution in [0.3, 0.4) is 0 Å². The van der Waals surface area contributed by atoms with Crippen molar-refractivity contribution in [3.8, 4) is 10.4 Å². The molecule has 0 spiro atoms. The summed E-state index contributed by atoms with van der Waals surface area (Å²) in [6, 6.07) is 5.16. The Bertz CT molecular complexity index is 534. The van der Waals surface area contributed by atoms with Crippen LogP contribution < -0.4 is 5.32 Å². The Morgan fingerprint density at radius 1 is 1.39 bits per heavy atom. The number of hydrogen-bond acceptors (Lipinski definition) is 3. The number of thiazole rings is 1. The van der Waals surface area contributed by atoms with Crippen molar-refractivity contribution in [3.05, 3.63) is 35.8 Å². The summed E-state index contributed by atoms with van der Waals surface area (Å²) in [5.74, 6) is 0.423. The fourth-order valence-electron chi connectivity index (χ4n) is 1.58. The molecule has 0 saturated heterocycles. The minimum Gasteiger partial charge on any atom is -0.361 e. The molecule has 1 heterocycles. The van der Waals surface area contributed by atoms with Gasteiger partial charge in [0.2, 0.25) is 0 Å². The SMILES string of the molecule is Cc1cc(-c2cnc(NCC(C)C)s2)ccc1F. The molecule has 0 aliphatic heterocycles. The lowest BCUT2D eigenvalue weighted by molar-refractivity contribution is 0.619. The zero-order valence-corrected chi connectivity index (χ0v) is 11.6. The molecule has 2 nitrogen and oxygen atoms in total. The van der Waals surface area contributed by atoms with Gasteiger partial charge in [-0.2, -0.15) is 0 Å². The van der Waals surface area contributed by atoms with Crippen molar-refractivity contribution in [2.24, 2.45) is 5.92 Å². The molecule has 0 atom stereocenters. The maximum atomic E-state index is 13.2. The Balaban J connectivity index is 2.16. The molecule has 0 fully saturated rings. The topological polar surface area (TPSA) is 24.9 Å². The quantitative estimate of drug-likeness (QED) is 0.889. The molecule has 1 N–H and O–H groups in total. The van der Waals surface area contributed by atoms with E-state index in [9.17, 15) is 4.39 Å². The first kappa shape index (κ1) is 13.0. The van der Waals surface area contributed by atoms with Gasteiger partial charge in [0.05, 0.1) is 4.88 Å². The summed E-state index contributed by atoms with van der Waals surface area (Å²) < 4.78 is 13.2. The van der Waals surface area contributed by atoms with Crippen molar-refractivity contribution in [2.45, 2.75) is 20.8 Å². The monoisotopic (exact) mass is 264 g/mol. The Labute approximate surface area is 111 Å². The first-order chi connectivity index (χ1) is 8.56. The number of benzene rings is 1. The van der Waals surface area contributed by atoms with Gasteiger partial charge in [-0.3, -0.25) is 0 Å². The predicted octanol–water partition coefficient (Wildman–Crippen LogP) is 4.33. The second-order valence-electron chi connectivity index (χ2n) is 4.77. The van der Waals surface area contributed by atoms with E-state index in [0.717, 1.165) is 22.1 Å². The third-order valence-electron chi connectivity index (χ3n) is 2.61. The molecule has 0 radical (unpaired) electrons. The average Bonchev–Trinajstić information content (AvgIpc) is 2.79. The molecule has 2 rings (SSSR count). The number of rotatable bonds is 4. The van der Waals surface area contributed by atoms with Gasteiger partial charge in [-0.05, 0) is 36.1 Å². The predicted molar refractivity (Wildman–Crippen MR) is 75.6 cm³/mol. The molecule has 0 unspecified atom stereocenters. The molecular weight excluding hydrogens is 247 g/mol. The van der Waals surface area contributed by atoms with E-state index >= 15 is 0 Å². The summed E-state index contributed by atoms with van der Waals surface area (Å²) in [6.45, 7) is 7.00. The minimum absolute atomic E-state index is 0.165. The standard InChI is InChI=1S/C14H17FN2S/c1-9(2)7-16-14-17-8-13(18-14)11-4-5-12(15)10(3)6-11/h4-6,8-9H,7H2,1-3H3,(H,16,17). The number of halogens is 1. The molecule has 0 aliphatic carbocycles. The zero-order valence-electron chi connectivity index (χ0n) is 10.8. The van der Waals surface area contributed by atoms with Gasteiger partial charge in [0.1, 0.15) is 5.82 Å². The highest BCUT2D eigenvalue weighted by molar-refractivity contribution is 7.18. The van der Waals surface area contributed by atoms with E-state index in [1.54, 1.807) is 24.3 Å². The van der Waals surface area contributed by atoms with Gasteiger partial charge in [0.25, 0.3) is 0 Å². The summed E-state index contributed by atoms with van der Waals surface area (Å²) in [5.41, 5.74) is 1.68. The van der Waals surface area contributed by atoms with Gasteiger partial charge in [-0.1, -0.05) is 31.3 Å². The van der Waals surface area contributed by atoms with Gasteiger partial charge in [0, 0.05) is 12.7 Å². The Morgan fingerprint density at radius 2 is 2.17 bits per heavy atom. The Kier molecular flexibility index (Phi) is 3.97. The molecule has 96 valence electrons. The minimum atomic E-state index is -0.165. The highest BCUT2D eigenvalue weighted by Gasteiger charge is 2.06. The molecule has 0 amide bonds. The number of aryl methyl sites for hydroxylation is 1. The van der Waals surface area contributed by atoms with Gasteiger partial charge in [-0.15, -0.1) is 0 Å². The molecule has 4 heteroatoms. The van der Waals surface area contributed by atoms with Crippen LogP contribution >= 0.6 is 11.3 Å². The van der Waals surface area contributed by atoms with Crippen LogP contribution in [0, 0.1) is 18.7 Å². The number of aromatic nitrogens is 1. The lowest BCUT2D eigenvalue weighted by Crippen LogP contribution is -2.07. The van der Waals surface area contributed by atoms with Crippen molar-refractivity contribution in [3.63, 3.8) is 0 Å². The number of nitrogens with zero attached hydrogens (tertiary/aromatic N) is 1. The van der Waals surface area contributed by atoms with Crippen molar-refractivity contribution in [2.75, 3.05) is 11.9 Å². The third-order valence-corrected chi connectivity index (χ3v) is 3.61. The molecule has 0 aliphatic rings. The maximum Gasteiger partial charge on any atom is 0.183 e. The van der Waals surface area contributed by atoms with E-state index in [-0.39, 0.29) is 5.82 Å². The molecule has 18 heavy (non-hydrogen) atoms. The van der Waals surface area contributed by atoms with Crippen LogP contribution in [0.1, 0.15) is 19.4 Å². The summed E-state index contributed by atoms with van der Waals surface area (Å²) >= 11 is 1.60. The number of anilines is 1. The molecule has 2 aromatic rings. The van der Waals surface area contributed by atoms with Crippen LogP contribution in [0.15, 0.2) is 24.4 Å². The van der Waals surface area contributed by atoms with Gasteiger partial charge in [0.15, 0.2) is 5.13 Å². The van der Waals surface area contributed by atoms with Crippen molar-refractivity contribution < 1.29 is 4.39 Å². The van der Waals surface area contributed by atoms with E-state index in [2.05, 4.69) is 24.1 Å². The summed E-state index contributed by atoms with van der Waals surface area (Å²) in [6.07, 6.45) is 1.83. The lowest BCUT2D eigenvalue weighted by atomic mass is 10.1. The van der Waals surface area contributed by atoms with Crippen LogP contribution in [0.2, 0.25) is 0 Å². The summed E-state index contributed by atoms with van der Waals surface area (Å²) in [4.78, 5) is 5.39. The summed E-state index contributed by atoms with van der Waals surface area (Å²) in [5, 5.41) is 4.21. The van der Waals surface area contributed by atoms with E-state index in [4.69, 9.17) is 0 Å². The normalized spacial score (nSPS) is 10.9. The largest absolute Gasteiger partial charge is 0.361 e. The van der Waals surface area contributed by atoms with Gasteiger partial charge in [-0.25, -0.2) is 9.37 Å². The second-order valence-corrected chi connectivity index (χ2v) is 5.80. The smallest absolute Gasteiger partial charge is 0.183 e. The Morgan fingerprint density at radius 3 is 2.83 bits per heavy atom. The van der Waals surface area contributed by atoms with Crippen molar-refractivity contribution in [1.82, 2.24) is 4.98 Å². The fourth-order valence-corrected chi connectivity index (χ4v) is 2.40. The van der Waals surface area contributed by atoms with Gasteiger partial charge >= 0.3 is 0 Å². The number of nitrogens with one attached hydrogen (secondary N) is 1. The molecule has 1 aromatic heterocycles. The van der Waals surface area contributed by atoms with E-state index in [1.165, 1.54) is 6.07 Å². The second kappa shape index (κ2) is 5.48. The fraction of sp³-hybridized carbons (Fsp3) is 0.357.